The first-order valence-corrected chi connectivity index (χ1v) is 10.8. The number of urea groups is 1. The molecule has 0 unspecified atom stereocenters. The number of ether oxygens (including phenoxy) is 1. The molecule has 1 aliphatic heterocycles. The van der Waals surface area contributed by atoms with Gasteiger partial charge in [0.15, 0.2) is 0 Å². The average molecular weight is 458 g/mol. The summed E-state index contributed by atoms with van der Waals surface area (Å²) in [6, 6.07) is 13.6. The minimum atomic E-state index is -0.364. The summed E-state index contributed by atoms with van der Waals surface area (Å²) in [6.45, 7) is 0.601. The number of hydrogen-bond donors (Lipinski definition) is 2. The van der Waals surface area contributed by atoms with E-state index < -0.39 is 0 Å². The van der Waals surface area contributed by atoms with Crippen LogP contribution in [0.3, 0.4) is 0 Å². The first-order chi connectivity index (χ1) is 15.0. The standard InChI is InChI=1S/C21H20ClN5O3S/c1-30-16-8-3-7-15(12-16)24-21(29)27-10-4-9-17(27)19-25-26-20(31-19)18(28)23-14-6-2-5-13(22)11-14/h2-3,5-8,11-12,17H,4,9-10H2,1H3,(H,23,28)(H,24,29)/t17-/m0/s1. The predicted octanol–water partition coefficient (Wildman–Crippen LogP) is 4.82. The molecule has 1 saturated heterocycles. The number of rotatable bonds is 5. The molecule has 1 fully saturated rings. The van der Waals surface area contributed by atoms with E-state index >= 15 is 0 Å². The molecular weight excluding hydrogens is 438 g/mol. The summed E-state index contributed by atoms with van der Waals surface area (Å²) in [7, 11) is 1.58. The van der Waals surface area contributed by atoms with E-state index in [0.29, 0.717) is 33.7 Å². The SMILES string of the molecule is COc1cccc(NC(=O)N2CCC[C@H]2c2nnc(C(=O)Nc3cccc(Cl)c3)s2)c1. The Hall–Kier alpha value is -3.17. The fraction of sp³-hybridized carbons (Fsp3) is 0.238. The fourth-order valence-corrected chi connectivity index (χ4v) is 4.45. The van der Waals surface area contributed by atoms with Crippen molar-refractivity contribution in [2.45, 2.75) is 18.9 Å². The monoisotopic (exact) mass is 457 g/mol. The van der Waals surface area contributed by atoms with Gasteiger partial charge in [0, 0.05) is 29.0 Å². The fourth-order valence-electron chi connectivity index (χ4n) is 3.37. The number of methoxy groups -OCH3 is 1. The minimum Gasteiger partial charge on any atom is -0.497 e. The third kappa shape index (κ3) is 4.95. The van der Waals surface area contributed by atoms with Gasteiger partial charge in [0.05, 0.1) is 13.2 Å². The number of aromatic nitrogens is 2. The lowest BCUT2D eigenvalue weighted by atomic mass is 10.2. The summed E-state index contributed by atoms with van der Waals surface area (Å²) in [6.07, 6.45) is 1.61. The maximum Gasteiger partial charge on any atom is 0.322 e. The Morgan fingerprint density at radius 3 is 2.68 bits per heavy atom. The molecule has 0 aliphatic carbocycles. The van der Waals surface area contributed by atoms with E-state index in [1.807, 2.05) is 12.1 Å². The molecule has 3 amide bonds. The highest BCUT2D eigenvalue weighted by Crippen LogP contribution is 2.34. The molecule has 1 aromatic heterocycles. The molecule has 2 N–H and O–H groups in total. The van der Waals surface area contributed by atoms with Crippen LogP contribution in [0, 0.1) is 0 Å². The molecule has 3 aromatic rings. The second-order valence-electron chi connectivity index (χ2n) is 6.92. The molecule has 2 heterocycles. The lowest BCUT2D eigenvalue weighted by Gasteiger charge is -2.23. The summed E-state index contributed by atoms with van der Waals surface area (Å²) >= 11 is 7.14. The van der Waals surface area contributed by atoms with E-state index in [-0.39, 0.29) is 23.0 Å². The molecule has 0 spiro atoms. The van der Waals surface area contributed by atoms with Crippen molar-refractivity contribution in [1.29, 1.82) is 0 Å². The highest BCUT2D eigenvalue weighted by Gasteiger charge is 2.33. The topological polar surface area (TPSA) is 96.4 Å². The minimum absolute atomic E-state index is 0.226. The van der Waals surface area contributed by atoms with Gasteiger partial charge in [-0.1, -0.05) is 35.1 Å². The van der Waals surface area contributed by atoms with Gasteiger partial charge in [0.1, 0.15) is 10.8 Å². The Morgan fingerprint density at radius 1 is 1.13 bits per heavy atom. The summed E-state index contributed by atoms with van der Waals surface area (Å²) in [5.41, 5.74) is 1.23. The second-order valence-corrected chi connectivity index (χ2v) is 8.37. The van der Waals surface area contributed by atoms with Gasteiger partial charge in [0.25, 0.3) is 5.91 Å². The highest BCUT2D eigenvalue weighted by atomic mass is 35.5. The van der Waals surface area contributed by atoms with Crippen molar-refractivity contribution in [1.82, 2.24) is 15.1 Å². The number of hydrogen-bond acceptors (Lipinski definition) is 6. The summed E-state index contributed by atoms with van der Waals surface area (Å²) < 4.78 is 5.20. The molecule has 8 nitrogen and oxygen atoms in total. The van der Waals surface area contributed by atoms with Gasteiger partial charge in [-0.05, 0) is 43.2 Å². The molecule has 31 heavy (non-hydrogen) atoms. The Kier molecular flexibility index (Phi) is 6.34. The van der Waals surface area contributed by atoms with E-state index in [0.717, 1.165) is 12.8 Å². The molecular formula is C21H20ClN5O3S. The maximum atomic E-state index is 12.9. The predicted molar refractivity (Wildman–Crippen MR) is 120 cm³/mol. The van der Waals surface area contributed by atoms with Gasteiger partial charge in [-0.15, -0.1) is 10.2 Å². The zero-order valence-electron chi connectivity index (χ0n) is 16.7. The van der Waals surface area contributed by atoms with E-state index in [4.69, 9.17) is 16.3 Å². The van der Waals surface area contributed by atoms with Gasteiger partial charge < -0.3 is 20.3 Å². The molecule has 0 bridgehead atoms. The summed E-state index contributed by atoms with van der Waals surface area (Å²) in [5.74, 6) is 0.298. The van der Waals surface area contributed by atoms with Crippen LogP contribution in [0.4, 0.5) is 16.2 Å². The third-order valence-corrected chi connectivity index (χ3v) is 6.10. The number of carbonyl (C=O) groups excluding carboxylic acids is 2. The van der Waals surface area contributed by atoms with Crippen LogP contribution in [-0.2, 0) is 0 Å². The van der Waals surface area contributed by atoms with Crippen LogP contribution in [0.5, 0.6) is 5.75 Å². The van der Waals surface area contributed by atoms with Gasteiger partial charge in [-0.3, -0.25) is 4.79 Å². The number of halogens is 1. The van der Waals surface area contributed by atoms with Crippen LogP contribution in [0.1, 0.15) is 33.7 Å². The molecule has 0 radical (unpaired) electrons. The van der Waals surface area contributed by atoms with Crippen LogP contribution in [-0.4, -0.2) is 40.7 Å². The van der Waals surface area contributed by atoms with E-state index in [1.165, 1.54) is 11.3 Å². The van der Waals surface area contributed by atoms with Crippen molar-refractivity contribution in [3.8, 4) is 5.75 Å². The zero-order chi connectivity index (χ0) is 21.8. The average Bonchev–Trinajstić information content (AvgIpc) is 3.43. The number of carbonyl (C=O) groups is 2. The molecule has 10 heteroatoms. The Morgan fingerprint density at radius 2 is 1.90 bits per heavy atom. The van der Waals surface area contributed by atoms with Crippen molar-refractivity contribution in [3.63, 3.8) is 0 Å². The van der Waals surface area contributed by atoms with Crippen LogP contribution >= 0.6 is 22.9 Å². The molecule has 2 aromatic carbocycles. The van der Waals surface area contributed by atoms with Crippen LogP contribution in [0.25, 0.3) is 0 Å². The van der Waals surface area contributed by atoms with Crippen molar-refractivity contribution >= 4 is 46.3 Å². The molecule has 1 aliphatic rings. The number of nitrogens with one attached hydrogen (secondary N) is 2. The van der Waals surface area contributed by atoms with Crippen molar-refractivity contribution in [2.24, 2.45) is 0 Å². The molecule has 1 atom stereocenters. The van der Waals surface area contributed by atoms with Crippen molar-refractivity contribution in [2.75, 3.05) is 24.3 Å². The maximum absolute atomic E-state index is 12.9. The summed E-state index contributed by atoms with van der Waals surface area (Å²) in [4.78, 5) is 27.1. The van der Waals surface area contributed by atoms with E-state index in [1.54, 1.807) is 48.4 Å². The molecule has 4 rings (SSSR count). The van der Waals surface area contributed by atoms with Gasteiger partial charge >= 0.3 is 6.03 Å². The highest BCUT2D eigenvalue weighted by molar-refractivity contribution is 7.13. The Balaban J connectivity index is 1.44. The number of nitrogens with zero attached hydrogens (tertiary/aromatic N) is 3. The normalized spacial score (nSPS) is 15.5. The van der Waals surface area contributed by atoms with Crippen LogP contribution in [0.15, 0.2) is 48.5 Å². The summed E-state index contributed by atoms with van der Waals surface area (Å²) in [5, 5.41) is 15.3. The zero-order valence-corrected chi connectivity index (χ0v) is 18.2. The lowest BCUT2D eigenvalue weighted by Crippen LogP contribution is -2.34. The van der Waals surface area contributed by atoms with E-state index in [9.17, 15) is 9.59 Å². The van der Waals surface area contributed by atoms with Gasteiger partial charge in [-0.2, -0.15) is 0 Å². The molecule has 0 saturated carbocycles. The van der Waals surface area contributed by atoms with Crippen molar-refractivity contribution in [3.05, 3.63) is 63.6 Å². The third-order valence-electron chi connectivity index (χ3n) is 4.84. The van der Waals surface area contributed by atoms with Crippen LogP contribution < -0.4 is 15.4 Å². The smallest absolute Gasteiger partial charge is 0.322 e. The van der Waals surface area contributed by atoms with Gasteiger partial charge in [-0.25, -0.2) is 4.79 Å². The number of benzene rings is 2. The first-order valence-electron chi connectivity index (χ1n) is 9.65. The first kappa shape index (κ1) is 21.1. The van der Waals surface area contributed by atoms with E-state index in [2.05, 4.69) is 20.8 Å². The quantitative estimate of drug-likeness (QED) is 0.572. The number of anilines is 2. The molecule has 160 valence electrons. The Bertz CT molecular complexity index is 1110. The van der Waals surface area contributed by atoms with Crippen molar-refractivity contribution < 1.29 is 14.3 Å². The largest absolute Gasteiger partial charge is 0.497 e. The Labute approximate surface area is 188 Å². The lowest BCUT2D eigenvalue weighted by molar-refractivity contribution is 0.102. The van der Waals surface area contributed by atoms with Crippen LogP contribution in [0.2, 0.25) is 5.02 Å². The number of amides is 3. The second kappa shape index (κ2) is 9.32. The van der Waals surface area contributed by atoms with Gasteiger partial charge in [0.2, 0.25) is 5.01 Å². The number of likely N-dealkylation sites (tertiary alicyclic amines) is 1.